The van der Waals surface area contributed by atoms with E-state index in [0.717, 1.165) is 13.0 Å². The highest BCUT2D eigenvalue weighted by atomic mass is 32.1. The molecule has 1 saturated heterocycles. The Balaban J connectivity index is 0.000000286. The van der Waals surface area contributed by atoms with Crippen LogP contribution in [0.4, 0.5) is 8.78 Å². The van der Waals surface area contributed by atoms with E-state index in [9.17, 15) is 23.8 Å². The highest BCUT2D eigenvalue weighted by Gasteiger charge is 2.22. The van der Waals surface area contributed by atoms with Crippen LogP contribution in [0.2, 0.25) is 0 Å². The average Bonchev–Trinajstić information content (AvgIpc) is 3.52. The van der Waals surface area contributed by atoms with Gasteiger partial charge in [0.2, 0.25) is 5.78 Å². The number of aromatic hydroxyl groups is 2. The maximum Gasteiger partial charge on any atom is 0.206 e. The van der Waals surface area contributed by atoms with Crippen molar-refractivity contribution in [2.75, 3.05) is 26.3 Å². The number of thiophene rings is 1. The fourth-order valence-electron chi connectivity index (χ4n) is 3.97. The van der Waals surface area contributed by atoms with Crippen molar-refractivity contribution < 1.29 is 28.5 Å². The van der Waals surface area contributed by atoms with Gasteiger partial charge in [-0.2, -0.15) is 0 Å². The Bertz CT molecular complexity index is 1300. The van der Waals surface area contributed by atoms with Crippen molar-refractivity contribution >= 4 is 27.2 Å². The number of fused-ring (bicyclic) bond motifs is 1. The molecule has 188 valence electrons. The molecule has 2 N–H and O–H groups in total. The van der Waals surface area contributed by atoms with Gasteiger partial charge in [0, 0.05) is 22.2 Å². The average molecular weight is 512 g/mol. The van der Waals surface area contributed by atoms with E-state index in [-0.39, 0.29) is 24.0 Å². The van der Waals surface area contributed by atoms with Crippen LogP contribution in [0.1, 0.15) is 34.5 Å². The number of ether oxygens (including phenoxy) is 1. The predicted molar refractivity (Wildman–Crippen MR) is 138 cm³/mol. The Hall–Kier alpha value is -3.49. The fourth-order valence-corrected chi connectivity index (χ4v) is 5.09. The SMILES string of the molecule is FCCCN1CCCC1.O=C(c1ccc(F)cc1)c1sc2cc(O)ccc2c1Oc1ccc(O)cc1. The number of nitrogens with zero attached hydrogens (tertiary/aromatic N) is 1. The summed E-state index contributed by atoms with van der Waals surface area (Å²) in [5.74, 6) is 0.271. The summed E-state index contributed by atoms with van der Waals surface area (Å²) in [7, 11) is 0. The molecule has 0 bridgehead atoms. The summed E-state index contributed by atoms with van der Waals surface area (Å²) in [4.78, 5) is 15.7. The number of carbonyl (C=O) groups is 1. The molecule has 1 fully saturated rings. The lowest BCUT2D eigenvalue weighted by Gasteiger charge is -2.11. The van der Waals surface area contributed by atoms with Crippen molar-refractivity contribution in [2.45, 2.75) is 19.3 Å². The third-order valence-corrected chi connectivity index (χ3v) is 6.94. The Morgan fingerprint density at radius 3 is 2.28 bits per heavy atom. The van der Waals surface area contributed by atoms with E-state index >= 15 is 0 Å². The fraction of sp³-hybridized carbons (Fsp3) is 0.250. The monoisotopic (exact) mass is 511 g/mol. The Labute approximate surface area is 212 Å². The van der Waals surface area contributed by atoms with Crippen molar-refractivity contribution in [3.63, 3.8) is 0 Å². The van der Waals surface area contributed by atoms with E-state index in [1.54, 1.807) is 24.3 Å². The summed E-state index contributed by atoms with van der Waals surface area (Å²) >= 11 is 1.19. The smallest absolute Gasteiger partial charge is 0.206 e. The van der Waals surface area contributed by atoms with E-state index in [4.69, 9.17) is 4.74 Å². The van der Waals surface area contributed by atoms with Crippen molar-refractivity contribution in [1.82, 2.24) is 4.90 Å². The van der Waals surface area contributed by atoms with Crippen LogP contribution in [0, 0.1) is 5.82 Å². The van der Waals surface area contributed by atoms with Gasteiger partial charge in [0.05, 0.1) is 6.67 Å². The van der Waals surface area contributed by atoms with Gasteiger partial charge in [-0.05, 0) is 99.1 Å². The lowest BCUT2D eigenvalue weighted by atomic mass is 10.1. The number of likely N-dealkylation sites (tertiary alicyclic amines) is 1. The van der Waals surface area contributed by atoms with Crippen LogP contribution >= 0.6 is 11.3 Å². The first-order valence-corrected chi connectivity index (χ1v) is 12.6. The second-order valence-electron chi connectivity index (χ2n) is 8.46. The number of halogens is 2. The molecule has 0 unspecified atom stereocenters. The lowest BCUT2D eigenvalue weighted by Crippen LogP contribution is -2.20. The molecule has 5 nitrogen and oxygen atoms in total. The first kappa shape index (κ1) is 25.6. The molecule has 2 heterocycles. The van der Waals surface area contributed by atoms with Crippen molar-refractivity contribution in [3.05, 3.63) is 83.0 Å². The number of benzene rings is 3. The summed E-state index contributed by atoms with van der Waals surface area (Å²) in [6.45, 7) is 3.20. The maximum absolute atomic E-state index is 13.2. The molecule has 36 heavy (non-hydrogen) atoms. The summed E-state index contributed by atoms with van der Waals surface area (Å²) < 4.78 is 31.4. The number of phenols is 2. The standard InChI is InChI=1S/C21H13FO4S.C7H14FN/c22-13-3-1-12(2-4-13)19(25)21-20(26-16-8-5-14(23)6-9-16)17-10-7-15(24)11-18(17)27-21;8-4-3-7-9-5-1-2-6-9/h1-11,23-24H;1-7H2. The number of alkyl halides is 1. The predicted octanol–water partition coefficient (Wildman–Crippen LogP) is 6.92. The van der Waals surface area contributed by atoms with Crippen LogP contribution in [0.5, 0.6) is 23.0 Å². The largest absolute Gasteiger partial charge is 0.508 e. The zero-order valence-electron chi connectivity index (χ0n) is 19.6. The molecule has 0 atom stereocenters. The maximum atomic E-state index is 13.2. The van der Waals surface area contributed by atoms with Crippen LogP contribution in [0.3, 0.4) is 0 Å². The van der Waals surface area contributed by atoms with Crippen LogP contribution in [-0.2, 0) is 0 Å². The number of ketones is 1. The molecule has 0 spiro atoms. The van der Waals surface area contributed by atoms with Gasteiger partial charge in [-0.3, -0.25) is 9.18 Å². The highest BCUT2D eigenvalue weighted by Crippen LogP contribution is 2.42. The molecule has 0 amide bonds. The van der Waals surface area contributed by atoms with Gasteiger partial charge >= 0.3 is 0 Å². The van der Waals surface area contributed by atoms with Gasteiger partial charge in [-0.15, -0.1) is 11.3 Å². The third kappa shape index (κ3) is 6.38. The van der Waals surface area contributed by atoms with E-state index in [0.29, 0.717) is 32.0 Å². The molecule has 1 aliphatic heterocycles. The molecule has 1 aliphatic rings. The normalized spacial score (nSPS) is 13.4. The van der Waals surface area contributed by atoms with Crippen molar-refractivity contribution in [3.8, 4) is 23.0 Å². The first-order valence-electron chi connectivity index (χ1n) is 11.8. The van der Waals surface area contributed by atoms with Gasteiger partial charge in [-0.25, -0.2) is 4.39 Å². The third-order valence-electron chi connectivity index (χ3n) is 5.80. The minimum Gasteiger partial charge on any atom is -0.508 e. The molecule has 3 aromatic carbocycles. The van der Waals surface area contributed by atoms with Gasteiger partial charge in [0.15, 0.2) is 5.75 Å². The Morgan fingerprint density at radius 2 is 1.61 bits per heavy atom. The van der Waals surface area contributed by atoms with Crippen LogP contribution in [0.25, 0.3) is 10.1 Å². The first-order chi connectivity index (χ1) is 17.4. The van der Waals surface area contributed by atoms with E-state index < -0.39 is 5.82 Å². The highest BCUT2D eigenvalue weighted by molar-refractivity contribution is 7.21. The molecule has 0 radical (unpaired) electrons. The topological polar surface area (TPSA) is 70.0 Å². The molecule has 0 saturated carbocycles. The van der Waals surface area contributed by atoms with E-state index in [2.05, 4.69) is 4.90 Å². The van der Waals surface area contributed by atoms with E-state index in [1.165, 1.54) is 79.7 Å². The molecule has 0 aliphatic carbocycles. The van der Waals surface area contributed by atoms with Gasteiger partial charge in [0.25, 0.3) is 0 Å². The van der Waals surface area contributed by atoms with Crippen molar-refractivity contribution in [1.29, 1.82) is 0 Å². The van der Waals surface area contributed by atoms with Crippen LogP contribution in [0.15, 0.2) is 66.7 Å². The lowest BCUT2D eigenvalue weighted by molar-refractivity contribution is 0.104. The van der Waals surface area contributed by atoms with Crippen LogP contribution in [-0.4, -0.2) is 47.2 Å². The van der Waals surface area contributed by atoms with Crippen molar-refractivity contribution in [2.24, 2.45) is 0 Å². The summed E-state index contributed by atoms with van der Waals surface area (Å²) in [6, 6.07) is 16.2. The molecule has 4 aromatic rings. The molecular formula is C28H27F2NO4S. The Kier molecular flexibility index (Phi) is 8.51. The molecule has 1 aromatic heterocycles. The van der Waals surface area contributed by atoms with Gasteiger partial charge < -0.3 is 19.8 Å². The van der Waals surface area contributed by atoms with Crippen LogP contribution < -0.4 is 4.74 Å². The molecule has 8 heteroatoms. The number of phenolic OH excluding ortho intramolecular Hbond substituents is 2. The van der Waals surface area contributed by atoms with Gasteiger partial charge in [0.1, 0.15) is 27.9 Å². The minimum absolute atomic E-state index is 0.0840. The summed E-state index contributed by atoms with van der Waals surface area (Å²) in [6.07, 6.45) is 3.35. The second kappa shape index (κ2) is 12.0. The Morgan fingerprint density at radius 1 is 0.944 bits per heavy atom. The molecular weight excluding hydrogens is 484 g/mol. The molecule has 5 rings (SSSR count). The number of hydrogen-bond donors (Lipinski definition) is 2. The second-order valence-corrected chi connectivity index (χ2v) is 9.52. The number of rotatable bonds is 7. The summed E-state index contributed by atoms with van der Waals surface area (Å²) in [5, 5.41) is 19.9. The van der Waals surface area contributed by atoms with Gasteiger partial charge in [-0.1, -0.05) is 0 Å². The summed E-state index contributed by atoms with van der Waals surface area (Å²) in [5.41, 5.74) is 0.336. The zero-order valence-corrected chi connectivity index (χ0v) is 20.4. The zero-order chi connectivity index (χ0) is 25.5. The minimum atomic E-state index is -0.423. The van der Waals surface area contributed by atoms with E-state index in [1.807, 2.05) is 0 Å². The quantitative estimate of drug-likeness (QED) is 0.264. The number of carbonyl (C=O) groups excluding carboxylic acids is 1. The number of hydrogen-bond acceptors (Lipinski definition) is 6.